The minimum atomic E-state index is -0.612. The summed E-state index contributed by atoms with van der Waals surface area (Å²) in [4.78, 5) is 28.3. The number of fused-ring (bicyclic) bond motifs is 2. The first-order valence-electron chi connectivity index (χ1n) is 8.87. The first kappa shape index (κ1) is 19.3. The lowest BCUT2D eigenvalue weighted by Crippen LogP contribution is -2.35. The van der Waals surface area contributed by atoms with Crippen molar-refractivity contribution in [1.29, 1.82) is 0 Å². The van der Waals surface area contributed by atoms with Crippen molar-refractivity contribution in [2.45, 2.75) is 49.5 Å². The van der Waals surface area contributed by atoms with Gasteiger partial charge in [0.25, 0.3) is 0 Å². The van der Waals surface area contributed by atoms with Gasteiger partial charge >= 0.3 is 12.1 Å². The number of benzene rings is 2. The van der Waals surface area contributed by atoms with Gasteiger partial charge in [0.1, 0.15) is 5.60 Å². The molecule has 1 aliphatic rings. The molecule has 1 heterocycles. The molecule has 0 spiro atoms. The highest BCUT2D eigenvalue weighted by Gasteiger charge is 2.31. The van der Waals surface area contributed by atoms with Gasteiger partial charge in [-0.15, -0.1) is 0 Å². The second-order valence-corrected chi connectivity index (χ2v) is 8.25. The normalized spacial score (nSPS) is 12.8. The number of ether oxygens (including phenoxy) is 2. The lowest BCUT2D eigenvalue weighted by molar-refractivity contribution is -0.142. The Bertz CT molecular complexity index is 873. The molecule has 0 bridgehead atoms. The van der Waals surface area contributed by atoms with E-state index in [0.29, 0.717) is 6.61 Å². The zero-order valence-corrected chi connectivity index (χ0v) is 16.8. The second kappa shape index (κ2) is 7.64. The molecule has 27 heavy (non-hydrogen) atoms. The van der Waals surface area contributed by atoms with Crippen LogP contribution in [0.3, 0.4) is 0 Å². The van der Waals surface area contributed by atoms with E-state index in [2.05, 4.69) is 0 Å². The van der Waals surface area contributed by atoms with Gasteiger partial charge in [-0.2, -0.15) is 0 Å². The number of anilines is 2. The van der Waals surface area contributed by atoms with Crippen LogP contribution in [0.5, 0.6) is 0 Å². The summed E-state index contributed by atoms with van der Waals surface area (Å²) in [6.07, 6.45) is -0.278. The predicted molar refractivity (Wildman–Crippen MR) is 106 cm³/mol. The Morgan fingerprint density at radius 3 is 2.44 bits per heavy atom. The maximum Gasteiger partial charge on any atom is 0.419 e. The standard InChI is InChI=1S/C21H23NO4S/c1-5-25-19(23)13-14-10-11-18-16(12-14)22(20(24)26-21(2,3)4)15-8-6-7-9-17(15)27-18/h6-12H,5,13H2,1-4H3. The average molecular weight is 385 g/mol. The molecule has 2 aromatic rings. The topological polar surface area (TPSA) is 55.8 Å². The third-order valence-corrected chi connectivity index (χ3v) is 4.95. The Labute approximate surface area is 163 Å². The van der Waals surface area contributed by atoms with E-state index in [1.54, 1.807) is 23.6 Å². The number of hydrogen-bond donors (Lipinski definition) is 0. The van der Waals surface area contributed by atoms with Crippen LogP contribution in [-0.4, -0.2) is 24.3 Å². The number of nitrogens with zero attached hydrogens (tertiary/aromatic N) is 1. The molecule has 0 atom stereocenters. The van der Waals surface area contributed by atoms with E-state index in [9.17, 15) is 9.59 Å². The summed E-state index contributed by atoms with van der Waals surface area (Å²) in [6.45, 7) is 7.65. The van der Waals surface area contributed by atoms with Gasteiger partial charge in [-0.25, -0.2) is 9.69 Å². The van der Waals surface area contributed by atoms with Crippen LogP contribution < -0.4 is 4.90 Å². The van der Waals surface area contributed by atoms with Crippen LogP contribution in [-0.2, 0) is 20.7 Å². The first-order chi connectivity index (χ1) is 12.8. The summed E-state index contributed by atoms with van der Waals surface area (Å²) in [5.41, 5.74) is 1.67. The van der Waals surface area contributed by atoms with Crippen molar-refractivity contribution >= 4 is 35.2 Å². The van der Waals surface area contributed by atoms with Gasteiger partial charge in [-0.05, 0) is 57.5 Å². The number of rotatable bonds is 3. The van der Waals surface area contributed by atoms with E-state index in [1.165, 1.54) is 0 Å². The molecule has 2 aromatic carbocycles. The molecule has 0 saturated carbocycles. The Morgan fingerprint density at radius 1 is 1.04 bits per heavy atom. The maximum atomic E-state index is 13.0. The van der Waals surface area contributed by atoms with Gasteiger partial charge in [0.05, 0.1) is 24.4 Å². The highest BCUT2D eigenvalue weighted by Crippen LogP contribution is 2.48. The highest BCUT2D eigenvalue weighted by molar-refractivity contribution is 7.99. The van der Waals surface area contributed by atoms with Crippen LogP contribution in [0.1, 0.15) is 33.3 Å². The van der Waals surface area contributed by atoms with Crippen LogP contribution >= 0.6 is 11.8 Å². The van der Waals surface area contributed by atoms with Crippen molar-refractivity contribution in [3.05, 3.63) is 48.0 Å². The first-order valence-corrected chi connectivity index (χ1v) is 9.68. The Balaban J connectivity index is 2.01. The number of carbonyl (C=O) groups is 2. The fourth-order valence-electron chi connectivity index (χ4n) is 2.79. The molecule has 0 fully saturated rings. The van der Waals surface area contributed by atoms with Crippen LogP contribution in [0.15, 0.2) is 52.3 Å². The van der Waals surface area contributed by atoms with E-state index in [-0.39, 0.29) is 12.4 Å². The molecule has 0 aromatic heterocycles. The molecule has 0 saturated heterocycles. The number of carbonyl (C=O) groups excluding carboxylic acids is 2. The summed E-state index contributed by atoms with van der Waals surface area (Å²) >= 11 is 1.59. The number of esters is 1. The SMILES string of the molecule is CCOC(=O)Cc1ccc2c(c1)N(C(=O)OC(C)(C)C)c1ccccc1S2. The molecule has 6 heteroatoms. The summed E-state index contributed by atoms with van der Waals surface area (Å²) < 4.78 is 10.7. The van der Waals surface area contributed by atoms with E-state index in [0.717, 1.165) is 26.7 Å². The van der Waals surface area contributed by atoms with Crippen LogP contribution in [0.2, 0.25) is 0 Å². The number of amides is 1. The van der Waals surface area contributed by atoms with Gasteiger partial charge in [0.15, 0.2) is 0 Å². The van der Waals surface area contributed by atoms with Gasteiger partial charge < -0.3 is 9.47 Å². The predicted octanol–water partition coefficient (Wildman–Crippen LogP) is 5.33. The smallest absolute Gasteiger partial charge is 0.419 e. The van der Waals surface area contributed by atoms with E-state index in [1.807, 2.05) is 63.2 Å². The molecule has 0 unspecified atom stereocenters. The van der Waals surface area contributed by atoms with Crippen molar-refractivity contribution < 1.29 is 19.1 Å². The zero-order chi connectivity index (χ0) is 19.6. The van der Waals surface area contributed by atoms with Crippen LogP contribution in [0, 0.1) is 0 Å². The van der Waals surface area contributed by atoms with Crippen LogP contribution in [0.4, 0.5) is 16.2 Å². The van der Waals surface area contributed by atoms with E-state index in [4.69, 9.17) is 9.47 Å². The second-order valence-electron chi connectivity index (χ2n) is 7.17. The fourth-order valence-corrected chi connectivity index (χ4v) is 3.83. The minimum Gasteiger partial charge on any atom is -0.466 e. The van der Waals surface area contributed by atoms with E-state index >= 15 is 0 Å². The minimum absolute atomic E-state index is 0.162. The van der Waals surface area contributed by atoms with Crippen molar-refractivity contribution in [1.82, 2.24) is 0 Å². The summed E-state index contributed by atoms with van der Waals surface area (Å²) in [5.74, 6) is -0.287. The largest absolute Gasteiger partial charge is 0.466 e. The lowest BCUT2D eigenvalue weighted by Gasteiger charge is -2.33. The monoisotopic (exact) mass is 385 g/mol. The molecule has 0 N–H and O–H groups in total. The third kappa shape index (κ3) is 4.45. The molecule has 142 valence electrons. The number of para-hydroxylation sites is 1. The van der Waals surface area contributed by atoms with Gasteiger partial charge in [-0.3, -0.25) is 4.79 Å². The van der Waals surface area contributed by atoms with Crippen LogP contribution in [0.25, 0.3) is 0 Å². The zero-order valence-electron chi connectivity index (χ0n) is 15.9. The van der Waals surface area contributed by atoms with Gasteiger partial charge in [0, 0.05) is 9.79 Å². The summed E-state index contributed by atoms with van der Waals surface area (Å²) in [6, 6.07) is 13.4. The fraction of sp³-hybridized carbons (Fsp3) is 0.333. The molecule has 1 amide bonds. The quantitative estimate of drug-likeness (QED) is 0.669. The van der Waals surface area contributed by atoms with E-state index < -0.39 is 11.7 Å². The van der Waals surface area contributed by atoms with Crippen molar-refractivity contribution in [3.8, 4) is 0 Å². The molecular formula is C21H23NO4S. The molecule has 0 radical (unpaired) electrons. The lowest BCUT2D eigenvalue weighted by atomic mass is 10.1. The highest BCUT2D eigenvalue weighted by atomic mass is 32.2. The van der Waals surface area contributed by atoms with Crippen molar-refractivity contribution in [2.24, 2.45) is 0 Å². The molecule has 5 nitrogen and oxygen atoms in total. The molecular weight excluding hydrogens is 362 g/mol. The Hall–Kier alpha value is -2.47. The van der Waals surface area contributed by atoms with Crippen molar-refractivity contribution in [3.63, 3.8) is 0 Å². The Kier molecular flexibility index (Phi) is 5.46. The molecule has 0 aliphatic carbocycles. The molecule has 1 aliphatic heterocycles. The Morgan fingerprint density at radius 2 is 1.74 bits per heavy atom. The van der Waals surface area contributed by atoms with Crippen molar-refractivity contribution in [2.75, 3.05) is 11.5 Å². The summed E-state index contributed by atoms with van der Waals surface area (Å²) in [7, 11) is 0. The number of hydrogen-bond acceptors (Lipinski definition) is 5. The third-order valence-electron chi connectivity index (χ3n) is 3.82. The van der Waals surface area contributed by atoms with Gasteiger partial charge in [0.2, 0.25) is 0 Å². The maximum absolute atomic E-state index is 13.0. The van der Waals surface area contributed by atoms with Gasteiger partial charge in [-0.1, -0.05) is 30.0 Å². The summed E-state index contributed by atoms with van der Waals surface area (Å²) in [5, 5.41) is 0. The molecule has 3 rings (SSSR count). The average Bonchev–Trinajstić information content (AvgIpc) is 2.58.